The van der Waals surface area contributed by atoms with Gasteiger partial charge in [0.2, 0.25) is 11.8 Å². The maximum Gasteiger partial charge on any atom is 0.227 e. The Labute approximate surface area is 155 Å². The Bertz CT molecular complexity index is 728. The zero-order valence-electron chi connectivity index (χ0n) is 15.9. The fourth-order valence-corrected chi connectivity index (χ4v) is 3.91. The number of hydrogen-bond donors (Lipinski definition) is 1. The summed E-state index contributed by atoms with van der Waals surface area (Å²) in [6.07, 6.45) is 1.22. The fourth-order valence-electron chi connectivity index (χ4n) is 3.91. The van der Waals surface area contributed by atoms with E-state index in [1.165, 1.54) is 0 Å². The van der Waals surface area contributed by atoms with Crippen LogP contribution in [0.15, 0.2) is 30.4 Å². The number of carbonyl (C=O) groups is 2. The quantitative estimate of drug-likeness (QED) is 0.826. The van der Waals surface area contributed by atoms with E-state index in [2.05, 4.69) is 11.9 Å². The van der Waals surface area contributed by atoms with Gasteiger partial charge in [-0.3, -0.25) is 9.59 Å². The number of nitrogens with one attached hydrogen (secondary N) is 1. The van der Waals surface area contributed by atoms with Gasteiger partial charge >= 0.3 is 0 Å². The lowest BCUT2D eigenvalue weighted by Crippen LogP contribution is -2.38. The van der Waals surface area contributed by atoms with E-state index in [9.17, 15) is 9.59 Å². The number of aryl methyl sites for hydroxylation is 1. The molecule has 0 spiro atoms. The van der Waals surface area contributed by atoms with Gasteiger partial charge in [-0.2, -0.15) is 0 Å². The van der Waals surface area contributed by atoms with E-state index in [4.69, 9.17) is 4.74 Å². The molecule has 1 aromatic rings. The van der Waals surface area contributed by atoms with Crippen molar-refractivity contribution in [2.24, 2.45) is 11.8 Å². The number of carbonyl (C=O) groups excluding carboxylic acids is 2. The highest BCUT2D eigenvalue weighted by atomic mass is 16.5. The van der Waals surface area contributed by atoms with E-state index in [1.54, 1.807) is 4.90 Å². The molecule has 1 N–H and O–H groups in total. The molecule has 0 bridgehead atoms. The predicted molar refractivity (Wildman–Crippen MR) is 102 cm³/mol. The Kier molecular flexibility index (Phi) is 5.47. The largest absolute Gasteiger partial charge is 0.374 e. The van der Waals surface area contributed by atoms with Crippen molar-refractivity contribution >= 4 is 17.5 Å². The molecule has 5 heteroatoms. The Morgan fingerprint density at radius 1 is 1.38 bits per heavy atom. The molecule has 1 aromatic carbocycles. The monoisotopic (exact) mass is 356 g/mol. The number of benzene rings is 1. The van der Waals surface area contributed by atoms with Crippen molar-refractivity contribution in [1.29, 1.82) is 0 Å². The summed E-state index contributed by atoms with van der Waals surface area (Å²) in [7, 11) is 0. The van der Waals surface area contributed by atoms with Crippen LogP contribution in [0.25, 0.3) is 0 Å². The van der Waals surface area contributed by atoms with E-state index in [-0.39, 0.29) is 36.2 Å². The molecule has 5 nitrogen and oxygen atoms in total. The van der Waals surface area contributed by atoms with Crippen molar-refractivity contribution in [2.45, 2.75) is 39.7 Å². The summed E-state index contributed by atoms with van der Waals surface area (Å²) >= 11 is 0. The van der Waals surface area contributed by atoms with Gasteiger partial charge in [0, 0.05) is 37.7 Å². The van der Waals surface area contributed by atoms with Crippen LogP contribution in [0.3, 0.4) is 0 Å². The minimum Gasteiger partial charge on any atom is -0.374 e. The molecule has 2 amide bonds. The second-order valence-corrected chi connectivity index (χ2v) is 7.56. The van der Waals surface area contributed by atoms with Gasteiger partial charge in [-0.15, -0.1) is 0 Å². The third kappa shape index (κ3) is 3.68. The van der Waals surface area contributed by atoms with Crippen molar-refractivity contribution in [3.8, 4) is 0 Å². The van der Waals surface area contributed by atoms with Crippen molar-refractivity contribution < 1.29 is 14.3 Å². The molecule has 0 aromatic heterocycles. The molecular formula is C21H28N2O3. The summed E-state index contributed by atoms with van der Waals surface area (Å²) in [5, 5.41) is 3.03. The first-order valence-corrected chi connectivity index (χ1v) is 9.29. The first-order valence-electron chi connectivity index (χ1n) is 9.29. The van der Waals surface area contributed by atoms with E-state index >= 15 is 0 Å². The lowest BCUT2D eigenvalue weighted by atomic mass is 9.96. The molecule has 2 aliphatic heterocycles. The summed E-state index contributed by atoms with van der Waals surface area (Å²) < 4.78 is 5.69. The molecule has 0 aliphatic carbocycles. The molecule has 2 saturated heterocycles. The minimum atomic E-state index is -0.298. The molecular weight excluding hydrogens is 328 g/mol. The first kappa shape index (κ1) is 18.6. The number of anilines is 1. The Balaban J connectivity index is 1.60. The summed E-state index contributed by atoms with van der Waals surface area (Å²) in [5.41, 5.74) is 4.15. The average Bonchev–Trinajstić information content (AvgIpc) is 3.22. The second-order valence-electron chi connectivity index (χ2n) is 7.56. The lowest BCUT2D eigenvalue weighted by Gasteiger charge is -2.21. The Morgan fingerprint density at radius 2 is 2.15 bits per heavy atom. The van der Waals surface area contributed by atoms with Gasteiger partial charge in [0.15, 0.2) is 0 Å². The number of ether oxygens (including phenoxy) is 1. The average molecular weight is 356 g/mol. The van der Waals surface area contributed by atoms with Crippen molar-refractivity contribution in [1.82, 2.24) is 5.32 Å². The van der Waals surface area contributed by atoms with E-state index in [0.717, 1.165) is 28.8 Å². The number of amides is 2. The topological polar surface area (TPSA) is 58.6 Å². The minimum absolute atomic E-state index is 0.0165. The van der Waals surface area contributed by atoms with Crippen LogP contribution in [0.5, 0.6) is 0 Å². The second kappa shape index (κ2) is 7.62. The zero-order chi connectivity index (χ0) is 18.8. The molecule has 2 aliphatic rings. The third-order valence-electron chi connectivity index (χ3n) is 5.60. The number of rotatable bonds is 5. The molecule has 3 unspecified atom stereocenters. The first-order chi connectivity index (χ1) is 12.4. The Morgan fingerprint density at radius 3 is 2.88 bits per heavy atom. The highest BCUT2D eigenvalue weighted by molar-refractivity contribution is 6.00. The molecule has 0 saturated carbocycles. The molecule has 140 valence electrons. The maximum atomic E-state index is 12.6. The highest BCUT2D eigenvalue weighted by Gasteiger charge is 2.36. The summed E-state index contributed by atoms with van der Waals surface area (Å²) in [5.74, 6) is -0.0573. The van der Waals surface area contributed by atoms with Crippen LogP contribution in [0.4, 0.5) is 5.69 Å². The van der Waals surface area contributed by atoms with Gasteiger partial charge in [0.05, 0.1) is 12.0 Å². The van der Waals surface area contributed by atoms with Crippen LogP contribution in [-0.2, 0) is 14.3 Å². The number of hydrogen-bond acceptors (Lipinski definition) is 3. The standard InChI is InChI=1S/C21H28N2O3/c1-13(2)20-16(8-9-26-20)11-22-21(25)17-10-19(24)23(12-17)18-7-5-6-14(3)15(18)4/h5-7,16-17,20H,1,8-12H2,2-4H3,(H,22,25). The smallest absolute Gasteiger partial charge is 0.227 e. The lowest BCUT2D eigenvalue weighted by molar-refractivity contribution is -0.126. The molecule has 26 heavy (non-hydrogen) atoms. The predicted octanol–water partition coefficient (Wildman–Crippen LogP) is 2.75. The van der Waals surface area contributed by atoms with Crippen LogP contribution >= 0.6 is 0 Å². The molecule has 3 rings (SSSR count). The van der Waals surface area contributed by atoms with Crippen LogP contribution in [0.1, 0.15) is 30.9 Å². The van der Waals surface area contributed by atoms with Gasteiger partial charge < -0.3 is 15.0 Å². The third-order valence-corrected chi connectivity index (χ3v) is 5.60. The summed E-state index contributed by atoms with van der Waals surface area (Å²) in [6.45, 7) is 11.7. The van der Waals surface area contributed by atoms with Crippen molar-refractivity contribution in [3.05, 3.63) is 41.5 Å². The van der Waals surface area contributed by atoms with Crippen molar-refractivity contribution in [2.75, 3.05) is 24.6 Å². The Hall–Kier alpha value is -2.14. The van der Waals surface area contributed by atoms with E-state index in [0.29, 0.717) is 19.7 Å². The van der Waals surface area contributed by atoms with Crippen molar-refractivity contribution in [3.63, 3.8) is 0 Å². The maximum absolute atomic E-state index is 12.6. The van der Waals surface area contributed by atoms with Crippen LogP contribution < -0.4 is 10.2 Å². The van der Waals surface area contributed by atoms with E-state index < -0.39 is 0 Å². The van der Waals surface area contributed by atoms with Gasteiger partial charge in [0.25, 0.3) is 0 Å². The zero-order valence-corrected chi connectivity index (χ0v) is 15.9. The molecule has 0 radical (unpaired) electrons. The van der Waals surface area contributed by atoms with Gasteiger partial charge in [-0.25, -0.2) is 0 Å². The SMILES string of the molecule is C=C(C)C1OCCC1CNC(=O)C1CC(=O)N(c2cccc(C)c2C)C1. The van der Waals surface area contributed by atoms with Gasteiger partial charge in [0.1, 0.15) is 0 Å². The summed E-state index contributed by atoms with van der Waals surface area (Å²) in [6, 6.07) is 5.94. The van der Waals surface area contributed by atoms with Gasteiger partial charge in [-0.05, 0) is 44.4 Å². The van der Waals surface area contributed by atoms with Gasteiger partial charge in [-0.1, -0.05) is 24.3 Å². The van der Waals surface area contributed by atoms with Crippen LogP contribution in [-0.4, -0.2) is 37.6 Å². The molecule has 2 heterocycles. The summed E-state index contributed by atoms with van der Waals surface area (Å²) in [4.78, 5) is 26.8. The molecule has 3 atom stereocenters. The normalized spacial score (nSPS) is 25.6. The van der Waals surface area contributed by atoms with E-state index in [1.807, 2.05) is 39.0 Å². The molecule has 2 fully saturated rings. The van der Waals surface area contributed by atoms with Crippen LogP contribution in [0.2, 0.25) is 0 Å². The number of nitrogens with zero attached hydrogens (tertiary/aromatic N) is 1. The highest BCUT2D eigenvalue weighted by Crippen LogP contribution is 2.30. The fraction of sp³-hybridized carbons (Fsp3) is 0.524. The van der Waals surface area contributed by atoms with Crippen LogP contribution in [0, 0.1) is 25.7 Å².